The fourth-order valence-electron chi connectivity index (χ4n) is 1.51. The van der Waals surface area contributed by atoms with Crippen molar-refractivity contribution in [1.82, 2.24) is 0 Å². The largest absolute Gasteiger partial charge is 0.454 e. The smallest absolute Gasteiger partial charge is 0.272 e. The summed E-state index contributed by atoms with van der Waals surface area (Å²) in [5.41, 5.74) is 0.715. The fraction of sp³-hybridized carbons (Fsp3) is 0.0769. The second kappa shape index (κ2) is 6.32. The van der Waals surface area contributed by atoms with Crippen molar-refractivity contribution in [3.8, 4) is 11.5 Å². The second-order valence-electron chi connectivity index (χ2n) is 3.86. The molecule has 2 aromatic rings. The van der Waals surface area contributed by atoms with Crippen LogP contribution in [0.25, 0.3) is 0 Å². The Balaban J connectivity index is 2.26. The van der Waals surface area contributed by atoms with Crippen LogP contribution in [-0.2, 0) is 5.33 Å². The Labute approximate surface area is 131 Å². The summed E-state index contributed by atoms with van der Waals surface area (Å²) in [4.78, 5) is 9.87. The van der Waals surface area contributed by atoms with Gasteiger partial charge in [0.1, 0.15) is 5.75 Å². The lowest BCUT2D eigenvalue weighted by Crippen LogP contribution is -1.93. The van der Waals surface area contributed by atoms with Crippen molar-refractivity contribution >= 4 is 37.5 Å². The van der Waals surface area contributed by atoms with Gasteiger partial charge in [-0.05, 0) is 23.8 Å². The van der Waals surface area contributed by atoms with E-state index in [0.29, 0.717) is 11.1 Å². The molecule has 0 fully saturated rings. The monoisotopic (exact) mass is 403 g/mol. The number of alkyl halides is 1. The van der Waals surface area contributed by atoms with Crippen LogP contribution in [0.1, 0.15) is 5.56 Å². The molecule has 0 aliphatic rings. The molecule has 0 aliphatic carbocycles. The first-order valence-corrected chi connectivity index (χ1v) is 7.39. The van der Waals surface area contributed by atoms with Gasteiger partial charge in [-0.3, -0.25) is 10.1 Å². The van der Waals surface area contributed by atoms with Gasteiger partial charge < -0.3 is 4.74 Å². The number of benzene rings is 2. The Kier molecular flexibility index (Phi) is 4.72. The van der Waals surface area contributed by atoms with Gasteiger partial charge in [0, 0.05) is 15.9 Å². The molecule has 0 heterocycles. The van der Waals surface area contributed by atoms with Crippen LogP contribution in [0, 0.1) is 15.9 Å². The average Bonchev–Trinajstić information content (AvgIpc) is 2.41. The summed E-state index contributed by atoms with van der Waals surface area (Å²) < 4.78 is 19.9. The third-order valence-electron chi connectivity index (χ3n) is 2.52. The number of non-ortho nitro benzene ring substituents is 1. The lowest BCUT2D eigenvalue weighted by Gasteiger charge is -2.08. The normalized spacial score (nSPS) is 10.3. The maximum absolute atomic E-state index is 13.7. The maximum Gasteiger partial charge on any atom is 0.272 e. The van der Waals surface area contributed by atoms with Crippen molar-refractivity contribution in [1.29, 1.82) is 0 Å². The lowest BCUT2D eigenvalue weighted by atomic mass is 10.2. The van der Waals surface area contributed by atoms with E-state index in [9.17, 15) is 14.5 Å². The molecule has 2 rings (SSSR count). The second-order valence-corrected chi connectivity index (χ2v) is 5.28. The van der Waals surface area contributed by atoms with Crippen molar-refractivity contribution in [2.75, 3.05) is 0 Å². The number of nitro groups is 1. The van der Waals surface area contributed by atoms with Crippen LogP contribution in [0.3, 0.4) is 0 Å². The van der Waals surface area contributed by atoms with E-state index in [0.717, 1.165) is 16.1 Å². The van der Waals surface area contributed by atoms with Gasteiger partial charge >= 0.3 is 0 Å². The molecule has 7 heteroatoms. The summed E-state index contributed by atoms with van der Waals surface area (Å²) in [5, 5.41) is 11.2. The summed E-state index contributed by atoms with van der Waals surface area (Å²) in [6.45, 7) is 0. The highest BCUT2D eigenvalue weighted by Crippen LogP contribution is 2.30. The van der Waals surface area contributed by atoms with Crippen LogP contribution in [0.2, 0.25) is 0 Å². The molecule has 4 nitrogen and oxygen atoms in total. The quantitative estimate of drug-likeness (QED) is 0.400. The van der Waals surface area contributed by atoms with Crippen molar-refractivity contribution in [3.05, 3.63) is 62.4 Å². The average molecular weight is 405 g/mol. The van der Waals surface area contributed by atoms with Crippen LogP contribution in [0.5, 0.6) is 11.5 Å². The molecule has 0 spiro atoms. The van der Waals surface area contributed by atoms with E-state index >= 15 is 0 Å². The molecular formula is C13H8Br2FNO3. The van der Waals surface area contributed by atoms with E-state index in [4.69, 9.17) is 4.74 Å². The van der Waals surface area contributed by atoms with Crippen LogP contribution in [-0.4, -0.2) is 4.92 Å². The molecule has 0 amide bonds. The maximum atomic E-state index is 13.7. The van der Waals surface area contributed by atoms with E-state index in [2.05, 4.69) is 31.9 Å². The molecule has 0 unspecified atom stereocenters. The van der Waals surface area contributed by atoms with Crippen molar-refractivity contribution in [3.63, 3.8) is 0 Å². The standard InChI is InChI=1S/C13H8Br2FNO3/c14-7-8-1-3-10(6-11(8)15)20-13-4-2-9(17(18)19)5-12(13)16/h1-6H,7H2. The number of hydrogen-bond acceptors (Lipinski definition) is 3. The SMILES string of the molecule is O=[N+]([O-])c1ccc(Oc2ccc(CBr)c(Br)c2)c(F)c1. The summed E-state index contributed by atoms with van der Waals surface area (Å²) in [6.07, 6.45) is 0. The van der Waals surface area contributed by atoms with Gasteiger partial charge in [-0.25, -0.2) is 4.39 Å². The third-order valence-corrected chi connectivity index (χ3v) is 3.86. The molecule has 2 aromatic carbocycles. The predicted octanol–water partition coefficient (Wildman–Crippen LogP) is 5.18. The molecule has 0 N–H and O–H groups in total. The van der Waals surface area contributed by atoms with Crippen LogP contribution < -0.4 is 4.74 Å². The lowest BCUT2D eigenvalue weighted by molar-refractivity contribution is -0.385. The molecule has 0 aromatic heterocycles. The zero-order chi connectivity index (χ0) is 14.7. The first-order valence-electron chi connectivity index (χ1n) is 5.47. The van der Waals surface area contributed by atoms with E-state index in [-0.39, 0.29) is 11.4 Å². The number of ether oxygens (including phenoxy) is 1. The number of hydrogen-bond donors (Lipinski definition) is 0. The molecule has 0 saturated carbocycles. The molecule has 20 heavy (non-hydrogen) atoms. The van der Waals surface area contributed by atoms with Gasteiger partial charge in [-0.2, -0.15) is 0 Å². The van der Waals surface area contributed by atoms with Crippen LogP contribution >= 0.6 is 31.9 Å². The fourth-order valence-corrected chi connectivity index (χ4v) is 2.88. The number of nitrogens with zero attached hydrogens (tertiary/aromatic N) is 1. The minimum absolute atomic E-state index is 0.0610. The topological polar surface area (TPSA) is 52.4 Å². The van der Waals surface area contributed by atoms with E-state index in [1.807, 2.05) is 6.07 Å². The van der Waals surface area contributed by atoms with Gasteiger partial charge in [-0.15, -0.1) is 0 Å². The molecule has 0 radical (unpaired) electrons. The zero-order valence-corrected chi connectivity index (χ0v) is 13.1. The van der Waals surface area contributed by atoms with Gasteiger partial charge in [0.15, 0.2) is 11.6 Å². The third kappa shape index (κ3) is 3.34. The minimum atomic E-state index is -0.778. The number of nitro benzene ring substituents is 1. The van der Waals surface area contributed by atoms with Crippen LogP contribution in [0.4, 0.5) is 10.1 Å². The van der Waals surface area contributed by atoms with E-state index in [1.54, 1.807) is 12.1 Å². The zero-order valence-electron chi connectivity index (χ0n) is 9.98. The highest BCUT2D eigenvalue weighted by atomic mass is 79.9. The number of halogens is 3. The van der Waals surface area contributed by atoms with Crippen molar-refractivity contribution < 1.29 is 14.1 Å². The van der Waals surface area contributed by atoms with Crippen molar-refractivity contribution in [2.45, 2.75) is 5.33 Å². The summed E-state index contributed by atoms with van der Waals surface area (Å²) in [7, 11) is 0. The summed E-state index contributed by atoms with van der Waals surface area (Å²) >= 11 is 6.71. The summed E-state index contributed by atoms with van der Waals surface area (Å²) in [6, 6.07) is 8.49. The van der Waals surface area contributed by atoms with Gasteiger partial charge in [0.2, 0.25) is 0 Å². The predicted molar refractivity (Wildman–Crippen MR) is 79.9 cm³/mol. The highest BCUT2D eigenvalue weighted by molar-refractivity contribution is 9.10. The van der Waals surface area contributed by atoms with E-state index < -0.39 is 10.7 Å². The Morgan fingerprint density at radius 1 is 1.25 bits per heavy atom. The Hall–Kier alpha value is -1.47. The Morgan fingerprint density at radius 2 is 2.00 bits per heavy atom. The van der Waals surface area contributed by atoms with E-state index in [1.165, 1.54) is 12.1 Å². The van der Waals surface area contributed by atoms with Gasteiger partial charge in [0.25, 0.3) is 5.69 Å². The highest BCUT2D eigenvalue weighted by Gasteiger charge is 2.12. The van der Waals surface area contributed by atoms with Gasteiger partial charge in [-0.1, -0.05) is 37.9 Å². The van der Waals surface area contributed by atoms with Crippen LogP contribution in [0.15, 0.2) is 40.9 Å². The molecule has 104 valence electrons. The van der Waals surface area contributed by atoms with Gasteiger partial charge in [0.05, 0.1) is 11.0 Å². The number of rotatable bonds is 4. The first kappa shape index (κ1) is 14.9. The molecule has 0 bridgehead atoms. The molecule has 0 aliphatic heterocycles. The Morgan fingerprint density at radius 3 is 2.55 bits per heavy atom. The Bertz CT molecular complexity index is 664. The molecule has 0 atom stereocenters. The first-order chi connectivity index (χ1) is 9.51. The molecule has 0 saturated heterocycles. The minimum Gasteiger partial charge on any atom is -0.454 e. The summed E-state index contributed by atoms with van der Waals surface area (Å²) in [5.74, 6) is -0.400. The molecular weight excluding hydrogens is 397 g/mol. The van der Waals surface area contributed by atoms with Crippen molar-refractivity contribution in [2.24, 2.45) is 0 Å².